The second-order valence-corrected chi connectivity index (χ2v) is 5.59. The van der Waals surface area contributed by atoms with Crippen LogP contribution in [0.4, 0.5) is 14.9 Å². The van der Waals surface area contributed by atoms with Crippen molar-refractivity contribution in [2.75, 3.05) is 18.0 Å². The van der Waals surface area contributed by atoms with Gasteiger partial charge in [-0.05, 0) is 37.2 Å². The summed E-state index contributed by atoms with van der Waals surface area (Å²) in [6.45, 7) is 0.519. The number of nitriles is 1. The Kier molecular flexibility index (Phi) is 3.65. The van der Waals surface area contributed by atoms with Crippen LogP contribution in [0.25, 0.3) is 0 Å². The SMILES string of the molecule is N#CC1(c2ccc(N3CC(CN=C=S)OC3=O)cc2F)CC1. The third-order valence-electron chi connectivity index (χ3n) is 3.98. The zero-order valence-corrected chi connectivity index (χ0v) is 12.4. The van der Waals surface area contributed by atoms with E-state index in [0.29, 0.717) is 24.1 Å². The molecule has 7 heteroatoms. The zero-order valence-electron chi connectivity index (χ0n) is 11.6. The number of ether oxygens (including phenoxy) is 1. The summed E-state index contributed by atoms with van der Waals surface area (Å²) in [5.74, 6) is -0.468. The predicted molar refractivity (Wildman–Crippen MR) is 80.4 cm³/mol. The topological polar surface area (TPSA) is 65.7 Å². The van der Waals surface area contributed by atoms with E-state index in [2.05, 4.69) is 28.4 Å². The monoisotopic (exact) mass is 317 g/mol. The Morgan fingerprint density at radius 1 is 1.55 bits per heavy atom. The van der Waals surface area contributed by atoms with Crippen LogP contribution in [-0.4, -0.2) is 30.4 Å². The number of carbonyl (C=O) groups excluding carboxylic acids is 1. The molecule has 1 aliphatic carbocycles. The molecule has 1 saturated heterocycles. The van der Waals surface area contributed by atoms with Crippen molar-refractivity contribution < 1.29 is 13.9 Å². The van der Waals surface area contributed by atoms with Gasteiger partial charge in [0.2, 0.25) is 0 Å². The standard InChI is InChI=1S/C15H12FN3O2S/c16-13-5-10(1-2-12(13)15(8-17)3-4-15)19-7-11(6-18-9-22)21-14(19)20/h1-2,5,11H,3-4,6-7H2. The number of anilines is 1. The van der Waals surface area contributed by atoms with Crippen molar-refractivity contribution in [3.63, 3.8) is 0 Å². The Morgan fingerprint density at radius 2 is 2.32 bits per heavy atom. The van der Waals surface area contributed by atoms with Crippen LogP contribution < -0.4 is 4.90 Å². The number of aliphatic imine (C=N–C) groups is 1. The number of hydrogen-bond donors (Lipinski definition) is 0. The minimum Gasteiger partial charge on any atom is -0.442 e. The molecule has 0 spiro atoms. The number of benzene rings is 1. The van der Waals surface area contributed by atoms with Gasteiger partial charge in [-0.25, -0.2) is 14.2 Å². The first kappa shape index (κ1) is 14.6. The van der Waals surface area contributed by atoms with E-state index < -0.39 is 23.4 Å². The summed E-state index contributed by atoms with van der Waals surface area (Å²) in [4.78, 5) is 17.0. The van der Waals surface area contributed by atoms with Crippen LogP contribution in [0.15, 0.2) is 23.2 Å². The lowest BCUT2D eigenvalue weighted by atomic mass is 9.97. The maximum atomic E-state index is 14.3. The van der Waals surface area contributed by atoms with E-state index in [0.717, 1.165) is 0 Å². The largest absolute Gasteiger partial charge is 0.442 e. The van der Waals surface area contributed by atoms with Gasteiger partial charge in [0.25, 0.3) is 0 Å². The molecule has 1 amide bonds. The fourth-order valence-electron chi connectivity index (χ4n) is 2.59. The fraction of sp³-hybridized carbons (Fsp3) is 0.400. The van der Waals surface area contributed by atoms with E-state index in [-0.39, 0.29) is 13.1 Å². The molecule has 1 aliphatic heterocycles. The van der Waals surface area contributed by atoms with Crippen LogP contribution in [0.2, 0.25) is 0 Å². The quantitative estimate of drug-likeness (QED) is 0.632. The maximum absolute atomic E-state index is 14.3. The van der Waals surface area contributed by atoms with Crippen molar-refractivity contribution in [2.24, 2.45) is 4.99 Å². The minimum absolute atomic E-state index is 0.240. The highest BCUT2D eigenvalue weighted by atomic mass is 32.1. The summed E-state index contributed by atoms with van der Waals surface area (Å²) < 4.78 is 19.4. The van der Waals surface area contributed by atoms with Crippen LogP contribution in [0.1, 0.15) is 18.4 Å². The normalized spacial score (nSPS) is 21.7. The Bertz CT molecular complexity index is 720. The molecule has 5 nitrogen and oxygen atoms in total. The smallest absolute Gasteiger partial charge is 0.414 e. The summed E-state index contributed by atoms with van der Waals surface area (Å²) in [5, 5.41) is 11.4. The van der Waals surface area contributed by atoms with Crippen LogP contribution in [0, 0.1) is 17.1 Å². The number of cyclic esters (lactones) is 1. The van der Waals surface area contributed by atoms with E-state index >= 15 is 0 Å². The summed E-state index contributed by atoms with van der Waals surface area (Å²) >= 11 is 4.48. The summed E-state index contributed by atoms with van der Waals surface area (Å²) in [6.07, 6.45) is 0.379. The molecule has 0 aromatic heterocycles. The number of thiocarbonyl (C=S) groups is 1. The van der Waals surface area contributed by atoms with Gasteiger partial charge in [-0.1, -0.05) is 6.07 Å². The van der Waals surface area contributed by atoms with Gasteiger partial charge in [-0.3, -0.25) is 4.90 Å². The van der Waals surface area contributed by atoms with Gasteiger partial charge >= 0.3 is 6.09 Å². The van der Waals surface area contributed by atoms with Gasteiger partial charge in [0, 0.05) is 5.56 Å². The lowest BCUT2D eigenvalue weighted by molar-refractivity contribution is 0.145. The number of nitrogens with zero attached hydrogens (tertiary/aromatic N) is 3. The molecule has 1 atom stereocenters. The number of halogens is 1. The highest BCUT2D eigenvalue weighted by Gasteiger charge is 2.47. The Balaban J connectivity index is 1.81. The first-order chi connectivity index (χ1) is 10.6. The molecule has 1 unspecified atom stereocenters. The molecular weight excluding hydrogens is 305 g/mol. The average Bonchev–Trinajstić information content (AvgIpc) is 3.22. The van der Waals surface area contributed by atoms with Crippen molar-refractivity contribution in [1.29, 1.82) is 5.26 Å². The van der Waals surface area contributed by atoms with Gasteiger partial charge in [-0.15, -0.1) is 0 Å². The lowest BCUT2D eigenvalue weighted by Crippen LogP contribution is -2.25. The fourth-order valence-corrected chi connectivity index (χ4v) is 2.67. The van der Waals surface area contributed by atoms with Gasteiger partial charge in [-0.2, -0.15) is 5.26 Å². The van der Waals surface area contributed by atoms with Gasteiger partial charge in [0.15, 0.2) is 0 Å². The third-order valence-corrected chi connectivity index (χ3v) is 4.11. The van der Waals surface area contributed by atoms with Crippen LogP contribution in [0.5, 0.6) is 0 Å². The van der Waals surface area contributed by atoms with Crippen LogP contribution >= 0.6 is 12.2 Å². The van der Waals surface area contributed by atoms with E-state index in [9.17, 15) is 9.18 Å². The summed E-state index contributed by atoms with van der Waals surface area (Å²) in [5.41, 5.74) is 0.118. The van der Waals surface area contributed by atoms with Gasteiger partial charge in [0.1, 0.15) is 11.9 Å². The molecule has 1 aromatic rings. The highest BCUT2D eigenvalue weighted by molar-refractivity contribution is 7.78. The first-order valence-corrected chi connectivity index (χ1v) is 7.23. The molecule has 1 aromatic carbocycles. The van der Waals surface area contributed by atoms with Crippen molar-refractivity contribution in [3.05, 3.63) is 29.6 Å². The van der Waals surface area contributed by atoms with Gasteiger partial charge < -0.3 is 4.74 Å². The molecule has 0 N–H and O–H groups in total. The molecule has 3 rings (SSSR count). The number of rotatable bonds is 4. The maximum Gasteiger partial charge on any atom is 0.414 e. The van der Waals surface area contributed by atoms with Crippen LogP contribution in [-0.2, 0) is 10.2 Å². The minimum atomic E-state index is -0.690. The first-order valence-electron chi connectivity index (χ1n) is 6.83. The summed E-state index contributed by atoms with van der Waals surface area (Å²) in [6, 6.07) is 6.66. The number of hydrogen-bond acceptors (Lipinski definition) is 5. The summed E-state index contributed by atoms with van der Waals surface area (Å²) in [7, 11) is 0. The van der Waals surface area contributed by atoms with Crippen LogP contribution in [0.3, 0.4) is 0 Å². The van der Waals surface area contributed by atoms with Crippen molar-refractivity contribution in [3.8, 4) is 6.07 Å². The second kappa shape index (κ2) is 5.48. The molecule has 2 aliphatic rings. The highest BCUT2D eigenvalue weighted by Crippen LogP contribution is 2.48. The zero-order chi connectivity index (χ0) is 15.7. The van der Waals surface area contributed by atoms with Crippen molar-refractivity contribution >= 4 is 29.2 Å². The third kappa shape index (κ3) is 2.47. The predicted octanol–water partition coefficient (Wildman–Crippen LogP) is 2.81. The number of amides is 1. The van der Waals surface area contributed by atoms with E-state index in [1.54, 1.807) is 12.1 Å². The van der Waals surface area contributed by atoms with Gasteiger partial charge in [0.05, 0.1) is 35.4 Å². The molecular formula is C15H12FN3O2S. The molecule has 0 bridgehead atoms. The Labute approximate surface area is 132 Å². The molecule has 1 saturated carbocycles. The lowest BCUT2D eigenvalue weighted by Gasteiger charge is -2.15. The second-order valence-electron chi connectivity index (χ2n) is 5.41. The van der Waals surface area contributed by atoms with E-state index in [1.165, 1.54) is 11.0 Å². The molecule has 22 heavy (non-hydrogen) atoms. The van der Waals surface area contributed by atoms with E-state index in [4.69, 9.17) is 10.00 Å². The number of carbonyl (C=O) groups is 1. The molecule has 112 valence electrons. The molecule has 1 heterocycles. The Hall–Kier alpha value is -2.29. The van der Waals surface area contributed by atoms with Crippen molar-refractivity contribution in [1.82, 2.24) is 0 Å². The van der Waals surface area contributed by atoms with E-state index in [1.807, 2.05) is 0 Å². The Morgan fingerprint density at radius 3 is 2.91 bits per heavy atom. The molecule has 2 fully saturated rings. The molecule has 0 radical (unpaired) electrons. The van der Waals surface area contributed by atoms with Crippen molar-refractivity contribution in [2.45, 2.75) is 24.4 Å². The average molecular weight is 317 g/mol. The number of isothiocyanates is 1.